The zero-order chi connectivity index (χ0) is 15.2. The maximum Gasteiger partial charge on any atom is 0.135 e. The second-order valence-corrected chi connectivity index (χ2v) is 6.92. The van der Waals surface area contributed by atoms with E-state index in [1.54, 1.807) is 11.8 Å². The van der Waals surface area contributed by atoms with Crippen molar-refractivity contribution in [1.82, 2.24) is 14.7 Å². The number of aromatic nitrogens is 2. The monoisotopic (exact) mass is 306 g/mol. The highest BCUT2D eigenvalue weighted by Crippen LogP contribution is 2.30. The molecule has 0 saturated carbocycles. The molecule has 2 rings (SSSR count). The average molecular weight is 306 g/mol. The van der Waals surface area contributed by atoms with Crippen LogP contribution in [0.4, 0.5) is 0 Å². The van der Waals surface area contributed by atoms with Crippen LogP contribution >= 0.6 is 11.8 Å². The molecule has 0 aromatic carbocycles. The summed E-state index contributed by atoms with van der Waals surface area (Å²) < 4.78 is 1.81. The third-order valence-corrected chi connectivity index (χ3v) is 4.34. The molecule has 2 heterocycles. The molecule has 5 heteroatoms. The van der Waals surface area contributed by atoms with E-state index in [1.807, 2.05) is 10.9 Å². The number of nitrogens with two attached hydrogens (primary N) is 1. The Hall–Kier alpha value is -1.20. The van der Waals surface area contributed by atoms with E-state index < -0.39 is 0 Å². The molecule has 2 N–H and O–H groups in total. The van der Waals surface area contributed by atoms with Gasteiger partial charge in [0.1, 0.15) is 5.82 Å². The zero-order valence-electron chi connectivity index (χ0n) is 13.2. The van der Waals surface area contributed by atoms with Crippen LogP contribution in [0.25, 0.3) is 5.82 Å². The van der Waals surface area contributed by atoms with Crippen molar-refractivity contribution in [3.63, 3.8) is 0 Å². The summed E-state index contributed by atoms with van der Waals surface area (Å²) in [6.07, 6.45) is 8.22. The predicted molar refractivity (Wildman–Crippen MR) is 91.4 cm³/mol. The molecule has 0 spiro atoms. The number of allylic oxidation sites excluding steroid dienone is 2. The fourth-order valence-corrected chi connectivity index (χ4v) is 3.29. The summed E-state index contributed by atoms with van der Waals surface area (Å²) >= 11 is 1.69. The van der Waals surface area contributed by atoms with E-state index in [0.29, 0.717) is 5.92 Å². The van der Waals surface area contributed by atoms with Crippen LogP contribution in [0.2, 0.25) is 0 Å². The molecule has 0 saturated heterocycles. The van der Waals surface area contributed by atoms with Crippen LogP contribution in [-0.4, -0.2) is 27.8 Å². The number of hydrogen-bond acceptors (Lipinski definition) is 4. The van der Waals surface area contributed by atoms with Gasteiger partial charge < -0.3 is 5.73 Å². The average Bonchev–Trinajstić information content (AvgIpc) is 3.08. The second-order valence-electron chi connectivity index (χ2n) is 5.92. The van der Waals surface area contributed by atoms with Gasteiger partial charge in [-0.15, -0.1) is 0 Å². The molecule has 0 bridgehead atoms. The van der Waals surface area contributed by atoms with Gasteiger partial charge in [-0.05, 0) is 24.3 Å². The molecule has 1 aliphatic heterocycles. The standard InChI is InChI=1S/C16H26N4S/c1-4-7-19(10-13(2)3)11-14-9-18-20(12-14)16(17)15-6-5-8-21-15/h5,8-9,12-13H,4,6-7,10-11,17H2,1-3H3/b16-15-. The summed E-state index contributed by atoms with van der Waals surface area (Å²) in [5, 5.41) is 6.50. The van der Waals surface area contributed by atoms with Crippen molar-refractivity contribution in [3.05, 3.63) is 34.3 Å². The lowest BCUT2D eigenvalue weighted by Gasteiger charge is -2.22. The molecule has 1 aliphatic rings. The lowest BCUT2D eigenvalue weighted by molar-refractivity contribution is 0.236. The Morgan fingerprint density at radius 3 is 2.95 bits per heavy atom. The Morgan fingerprint density at radius 1 is 1.52 bits per heavy atom. The van der Waals surface area contributed by atoms with Crippen molar-refractivity contribution >= 4 is 17.6 Å². The lowest BCUT2D eigenvalue weighted by Crippen LogP contribution is -2.28. The van der Waals surface area contributed by atoms with E-state index in [-0.39, 0.29) is 0 Å². The third kappa shape index (κ3) is 4.64. The van der Waals surface area contributed by atoms with Gasteiger partial charge >= 0.3 is 0 Å². The van der Waals surface area contributed by atoms with Crippen LogP contribution in [0.15, 0.2) is 28.8 Å². The number of thioether (sulfide) groups is 1. The minimum absolute atomic E-state index is 0.680. The molecular weight excluding hydrogens is 280 g/mol. The first-order chi connectivity index (χ1) is 10.1. The van der Waals surface area contributed by atoms with Crippen molar-refractivity contribution in [1.29, 1.82) is 0 Å². The predicted octanol–water partition coefficient (Wildman–Crippen LogP) is 3.49. The Labute approximate surface area is 132 Å². The molecule has 0 amide bonds. The van der Waals surface area contributed by atoms with Crippen LogP contribution in [0.3, 0.4) is 0 Å². The van der Waals surface area contributed by atoms with Gasteiger partial charge in [-0.25, -0.2) is 4.68 Å². The minimum Gasteiger partial charge on any atom is -0.383 e. The number of nitrogens with zero attached hydrogens (tertiary/aromatic N) is 3. The maximum absolute atomic E-state index is 6.19. The van der Waals surface area contributed by atoms with E-state index in [1.165, 1.54) is 16.9 Å². The van der Waals surface area contributed by atoms with E-state index in [2.05, 4.69) is 48.5 Å². The van der Waals surface area contributed by atoms with Gasteiger partial charge in [-0.3, -0.25) is 4.90 Å². The van der Waals surface area contributed by atoms with Crippen molar-refractivity contribution in [2.45, 2.75) is 40.2 Å². The van der Waals surface area contributed by atoms with Crippen LogP contribution in [0.5, 0.6) is 0 Å². The van der Waals surface area contributed by atoms with Gasteiger partial charge in [-0.1, -0.05) is 38.6 Å². The van der Waals surface area contributed by atoms with E-state index >= 15 is 0 Å². The molecular formula is C16H26N4S. The van der Waals surface area contributed by atoms with E-state index in [0.717, 1.165) is 31.9 Å². The highest BCUT2D eigenvalue weighted by molar-refractivity contribution is 8.06. The van der Waals surface area contributed by atoms with Crippen molar-refractivity contribution in [2.24, 2.45) is 11.7 Å². The molecule has 116 valence electrons. The third-order valence-electron chi connectivity index (χ3n) is 3.35. The first-order valence-electron chi connectivity index (χ1n) is 7.66. The summed E-state index contributed by atoms with van der Waals surface area (Å²) in [5.41, 5.74) is 7.42. The SMILES string of the molecule is CCCN(Cc1cnn(/C(N)=C2/CC=CS2)c1)CC(C)C. The van der Waals surface area contributed by atoms with Gasteiger partial charge in [0.15, 0.2) is 0 Å². The number of rotatable bonds is 7. The topological polar surface area (TPSA) is 47.1 Å². The summed E-state index contributed by atoms with van der Waals surface area (Å²) in [7, 11) is 0. The molecule has 4 nitrogen and oxygen atoms in total. The Bertz CT molecular complexity index is 506. The largest absolute Gasteiger partial charge is 0.383 e. The highest BCUT2D eigenvalue weighted by atomic mass is 32.2. The maximum atomic E-state index is 6.19. The molecule has 1 aromatic heterocycles. The molecule has 0 radical (unpaired) electrons. The van der Waals surface area contributed by atoms with Crippen LogP contribution in [-0.2, 0) is 6.54 Å². The summed E-state index contributed by atoms with van der Waals surface area (Å²) in [6.45, 7) is 9.94. The number of hydrogen-bond donors (Lipinski definition) is 1. The fraction of sp³-hybridized carbons (Fsp3) is 0.562. The Balaban J connectivity index is 2.03. The molecule has 0 unspecified atom stereocenters. The quantitative estimate of drug-likeness (QED) is 0.837. The zero-order valence-corrected chi connectivity index (χ0v) is 14.1. The van der Waals surface area contributed by atoms with Crippen LogP contribution < -0.4 is 5.73 Å². The minimum atomic E-state index is 0.680. The van der Waals surface area contributed by atoms with E-state index in [9.17, 15) is 0 Å². The van der Waals surface area contributed by atoms with Gasteiger partial charge in [0.2, 0.25) is 0 Å². The van der Waals surface area contributed by atoms with Gasteiger partial charge in [0.25, 0.3) is 0 Å². The molecule has 0 aliphatic carbocycles. The van der Waals surface area contributed by atoms with Crippen molar-refractivity contribution in [2.75, 3.05) is 13.1 Å². The molecule has 1 aromatic rings. The van der Waals surface area contributed by atoms with Crippen LogP contribution in [0.1, 0.15) is 39.2 Å². The first-order valence-corrected chi connectivity index (χ1v) is 8.54. The molecule has 0 fully saturated rings. The highest BCUT2D eigenvalue weighted by Gasteiger charge is 2.12. The summed E-state index contributed by atoms with van der Waals surface area (Å²) in [6, 6.07) is 0. The summed E-state index contributed by atoms with van der Waals surface area (Å²) in [4.78, 5) is 3.67. The smallest absolute Gasteiger partial charge is 0.135 e. The van der Waals surface area contributed by atoms with Gasteiger partial charge in [0, 0.05) is 36.2 Å². The Kier molecular flexibility index (Phi) is 5.94. The summed E-state index contributed by atoms with van der Waals surface area (Å²) in [5.74, 6) is 1.43. The van der Waals surface area contributed by atoms with Gasteiger partial charge in [-0.2, -0.15) is 5.10 Å². The molecule has 0 atom stereocenters. The van der Waals surface area contributed by atoms with Gasteiger partial charge in [0.05, 0.1) is 6.20 Å². The lowest BCUT2D eigenvalue weighted by atomic mass is 10.2. The first kappa shape index (κ1) is 16.2. The fourth-order valence-electron chi connectivity index (χ4n) is 2.53. The van der Waals surface area contributed by atoms with Crippen molar-refractivity contribution in [3.8, 4) is 0 Å². The van der Waals surface area contributed by atoms with Crippen LogP contribution in [0, 0.1) is 5.92 Å². The van der Waals surface area contributed by atoms with E-state index in [4.69, 9.17) is 5.73 Å². The van der Waals surface area contributed by atoms with Crippen molar-refractivity contribution < 1.29 is 0 Å². The Morgan fingerprint density at radius 2 is 2.33 bits per heavy atom. The molecule has 21 heavy (non-hydrogen) atoms. The second kappa shape index (κ2) is 7.71. The normalized spacial score (nSPS) is 17.2.